The summed E-state index contributed by atoms with van der Waals surface area (Å²) >= 11 is -2.50. The molecule has 0 nitrogen and oxygen atoms in total. The Hall–Kier alpha value is -2.25. The fraction of sp³-hybridized carbons (Fsp3) is 0.0385. The zero-order valence-electron chi connectivity index (χ0n) is 16.4. The zero-order chi connectivity index (χ0) is 21.0. The third-order valence-electron chi connectivity index (χ3n) is 4.48. The van der Waals surface area contributed by atoms with E-state index in [1.54, 1.807) is 0 Å². The molecule has 0 unspecified atom stereocenters. The van der Waals surface area contributed by atoms with Crippen molar-refractivity contribution in [3.8, 4) is 0 Å². The van der Waals surface area contributed by atoms with Crippen LogP contribution in [0.1, 0.15) is 6.42 Å². The maximum atomic E-state index is 9.75. The van der Waals surface area contributed by atoms with Crippen molar-refractivity contribution in [1.82, 2.24) is 0 Å². The Morgan fingerprint density at radius 1 is 0.800 bits per heavy atom. The van der Waals surface area contributed by atoms with Crippen LogP contribution in [0.4, 0.5) is 6.18 Å². The van der Waals surface area contributed by atoms with Gasteiger partial charge < -0.3 is 0 Å². The van der Waals surface area contributed by atoms with Crippen LogP contribution in [0, 0.1) is 6.08 Å². The predicted octanol–water partition coefficient (Wildman–Crippen LogP) is 6.46. The van der Waals surface area contributed by atoms with Crippen molar-refractivity contribution < 1.29 is 26.4 Å². The number of fused-ring (bicyclic) bond motifs is 1. The van der Waals surface area contributed by atoms with Crippen molar-refractivity contribution >= 4 is 34.6 Å². The van der Waals surface area contributed by atoms with Gasteiger partial charge in [-0.1, -0.05) is 66.7 Å². The van der Waals surface area contributed by atoms with Gasteiger partial charge in [-0.15, -0.1) is 46.8 Å². The standard InChI is InChI=1S/C21H16P.C5H5.2FH.Ti/c1-3-11-19(12-4-1)22(20-13-5-2-6-14-20)21-15-17-9-7-8-10-18(17)16-21;1-2-4-5-3-1;;;/h1-16H;1-3H,4H2;2*1H;/q2*-1;;;+2/p-2. The number of hydrogen-bond donors (Lipinski definition) is 0. The molecule has 30 heavy (non-hydrogen) atoms. The number of rotatable bonds is 3. The molecule has 0 N–H and O–H groups in total. The molecule has 0 heterocycles. The molecule has 0 saturated heterocycles. The van der Waals surface area contributed by atoms with Crippen LogP contribution in [-0.2, 0) is 20.2 Å². The minimum Gasteiger partial charge on any atom is -0.160 e. The molecule has 0 radical (unpaired) electrons. The van der Waals surface area contributed by atoms with Crippen molar-refractivity contribution in [1.29, 1.82) is 0 Å². The van der Waals surface area contributed by atoms with Gasteiger partial charge in [-0.2, -0.15) is 12.1 Å². The number of halogens is 2. The molecule has 4 aromatic rings. The minimum atomic E-state index is -2.50. The Kier molecular flexibility index (Phi) is 9.31. The Morgan fingerprint density at radius 3 is 1.83 bits per heavy atom. The van der Waals surface area contributed by atoms with Gasteiger partial charge in [0.1, 0.15) is 0 Å². The summed E-state index contributed by atoms with van der Waals surface area (Å²) in [6.45, 7) is 0. The number of hydrogen-bond acceptors (Lipinski definition) is 0. The first kappa shape index (κ1) is 22.4. The van der Waals surface area contributed by atoms with Crippen LogP contribution in [0.5, 0.6) is 0 Å². The first-order valence-corrected chi connectivity index (χ1v) is 12.1. The second-order valence-electron chi connectivity index (χ2n) is 6.42. The molecule has 0 bridgehead atoms. The molecule has 0 aliphatic heterocycles. The van der Waals surface area contributed by atoms with E-state index in [1.165, 1.54) is 26.7 Å². The van der Waals surface area contributed by atoms with Crippen LogP contribution in [0.2, 0.25) is 0 Å². The molecule has 0 saturated carbocycles. The predicted molar refractivity (Wildman–Crippen MR) is 122 cm³/mol. The van der Waals surface area contributed by atoms with Crippen molar-refractivity contribution in [2.75, 3.05) is 0 Å². The molecular weight excluding hydrogens is 429 g/mol. The van der Waals surface area contributed by atoms with Crippen molar-refractivity contribution in [2.24, 2.45) is 0 Å². The van der Waals surface area contributed by atoms with Crippen LogP contribution in [0.25, 0.3) is 10.8 Å². The molecule has 0 fully saturated rings. The van der Waals surface area contributed by atoms with Gasteiger partial charge in [0.2, 0.25) is 0 Å². The Labute approximate surface area is 188 Å². The third-order valence-corrected chi connectivity index (χ3v) is 6.88. The van der Waals surface area contributed by atoms with Gasteiger partial charge in [0.05, 0.1) is 0 Å². The molecule has 4 heteroatoms. The normalized spacial score (nSPS) is 11.6. The summed E-state index contributed by atoms with van der Waals surface area (Å²) in [7, 11) is -0.493. The first-order valence-electron chi connectivity index (χ1n) is 9.57. The van der Waals surface area contributed by atoms with Crippen molar-refractivity contribution in [2.45, 2.75) is 6.42 Å². The van der Waals surface area contributed by atoms with Gasteiger partial charge in [0, 0.05) is 0 Å². The topological polar surface area (TPSA) is 0 Å². The zero-order valence-corrected chi connectivity index (χ0v) is 18.8. The molecule has 5 rings (SSSR count). The average molecular weight is 450 g/mol. The van der Waals surface area contributed by atoms with Crippen molar-refractivity contribution in [3.05, 3.63) is 121 Å². The fourth-order valence-corrected chi connectivity index (χ4v) is 5.58. The van der Waals surface area contributed by atoms with Crippen molar-refractivity contribution in [3.63, 3.8) is 0 Å². The van der Waals surface area contributed by atoms with Gasteiger partial charge in [-0.3, -0.25) is 6.08 Å². The van der Waals surface area contributed by atoms with E-state index in [4.69, 9.17) is 0 Å². The molecule has 0 aromatic heterocycles. The molecule has 150 valence electrons. The molecule has 1 aliphatic rings. The van der Waals surface area contributed by atoms with Gasteiger partial charge >= 0.3 is 26.4 Å². The quantitative estimate of drug-likeness (QED) is 0.191. The van der Waals surface area contributed by atoms with E-state index in [0.717, 1.165) is 6.42 Å². The average Bonchev–Trinajstić information content (AvgIpc) is 3.49. The second-order valence-corrected chi connectivity index (χ2v) is 8.87. The van der Waals surface area contributed by atoms with Gasteiger partial charge in [0.15, 0.2) is 0 Å². The largest absolute Gasteiger partial charge is 0.160 e. The molecule has 0 amide bonds. The summed E-state index contributed by atoms with van der Waals surface area (Å²) < 4.78 is 19.5. The molecule has 4 aromatic carbocycles. The van der Waals surface area contributed by atoms with E-state index in [1.807, 2.05) is 12.2 Å². The van der Waals surface area contributed by atoms with Crippen LogP contribution in [0.3, 0.4) is 0 Å². The van der Waals surface area contributed by atoms with E-state index >= 15 is 0 Å². The maximum absolute atomic E-state index is 9.75. The molecule has 0 spiro atoms. The smallest absolute Gasteiger partial charge is 0.0166 e. The summed E-state index contributed by atoms with van der Waals surface area (Å²) in [4.78, 5) is 0. The minimum absolute atomic E-state index is 0.493. The Morgan fingerprint density at radius 2 is 1.37 bits per heavy atom. The van der Waals surface area contributed by atoms with Gasteiger partial charge in [0.25, 0.3) is 0 Å². The maximum Gasteiger partial charge on any atom is -0.0166 e. The number of benzene rings is 3. The van der Waals surface area contributed by atoms with Crippen LogP contribution < -0.4 is 15.9 Å². The summed E-state index contributed by atoms with van der Waals surface area (Å²) in [6.07, 6.45) is 10.0. The van der Waals surface area contributed by atoms with E-state index in [0.29, 0.717) is 0 Å². The van der Waals surface area contributed by atoms with E-state index in [2.05, 4.69) is 109 Å². The monoisotopic (exact) mass is 450 g/mol. The van der Waals surface area contributed by atoms with E-state index < -0.39 is 28.1 Å². The van der Waals surface area contributed by atoms with Crippen LogP contribution >= 0.6 is 7.92 Å². The van der Waals surface area contributed by atoms with Crippen LogP contribution in [0.15, 0.2) is 115 Å². The fourth-order valence-electron chi connectivity index (χ4n) is 3.20. The Balaban J connectivity index is 0.000000272. The van der Waals surface area contributed by atoms with E-state index in [-0.39, 0.29) is 0 Å². The van der Waals surface area contributed by atoms with Gasteiger partial charge in [-0.25, -0.2) is 12.2 Å². The van der Waals surface area contributed by atoms with Gasteiger partial charge in [-0.05, 0) is 18.5 Å². The summed E-state index contributed by atoms with van der Waals surface area (Å²) in [6, 6.07) is 35.0. The second kappa shape index (κ2) is 12.4. The third kappa shape index (κ3) is 6.38. The van der Waals surface area contributed by atoms with Crippen LogP contribution in [-0.4, -0.2) is 0 Å². The van der Waals surface area contributed by atoms with E-state index in [9.17, 15) is 6.18 Å². The Bertz CT molecular complexity index is 989. The summed E-state index contributed by atoms with van der Waals surface area (Å²) in [5, 5.41) is 6.89. The summed E-state index contributed by atoms with van der Waals surface area (Å²) in [5.74, 6) is 0. The molecular formula is C26H21F2PTi-2. The SMILES string of the molecule is [C-]1=CC=CC1.[F][Ti][F].c1ccc(P(c2ccccc2)c2cc3ccccc3[cH-]2)cc1. The molecule has 0 atom stereocenters. The molecule has 1 aliphatic carbocycles. The number of allylic oxidation sites excluding steroid dienone is 4. The summed E-state index contributed by atoms with van der Waals surface area (Å²) in [5.41, 5.74) is 0. The first-order chi connectivity index (χ1) is 14.8.